The molecule has 0 atom stereocenters. The highest BCUT2D eigenvalue weighted by molar-refractivity contribution is 6.30. The van der Waals surface area contributed by atoms with Crippen molar-refractivity contribution in [3.8, 4) is 0 Å². The van der Waals surface area contributed by atoms with Crippen molar-refractivity contribution in [3.05, 3.63) is 50.1 Å². The van der Waals surface area contributed by atoms with Crippen molar-refractivity contribution in [3.63, 3.8) is 0 Å². The monoisotopic (exact) mass is 401 g/mol. The van der Waals surface area contributed by atoms with Crippen LogP contribution in [0, 0.1) is 5.92 Å². The third kappa shape index (κ3) is 3.03. The first-order chi connectivity index (χ1) is 13.4. The van der Waals surface area contributed by atoms with Crippen LogP contribution in [0.4, 0.5) is 11.6 Å². The SMILES string of the molecule is CC(C)CCn1c(=O)c2c(nc3n2CCCN3c2ccc(Cl)cc2)n(C)c1=O. The fourth-order valence-corrected chi connectivity index (χ4v) is 3.84. The Morgan fingerprint density at radius 3 is 2.54 bits per heavy atom. The van der Waals surface area contributed by atoms with Gasteiger partial charge in [0.2, 0.25) is 5.95 Å². The predicted molar refractivity (Wildman–Crippen MR) is 112 cm³/mol. The molecule has 2 aromatic heterocycles. The van der Waals surface area contributed by atoms with E-state index in [1.165, 1.54) is 9.13 Å². The minimum Gasteiger partial charge on any atom is -0.312 e. The highest BCUT2D eigenvalue weighted by Crippen LogP contribution is 2.31. The van der Waals surface area contributed by atoms with Gasteiger partial charge in [-0.3, -0.25) is 13.9 Å². The molecule has 0 saturated carbocycles. The zero-order chi connectivity index (χ0) is 20.0. The van der Waals surface area contributed by atoms with E-state index in [-0.39, 0.29) is 11.2 Å². The van der Waals surface area contributed by atoms with Crippen LogP contribution in [0.1, 0.15) is 26.7 Å². The number of anilines is 2. The van der Waals surface area contributed by atoms with E-state index < -0.39 is 0 Å². The Kier molecular flexibility index (Phi) is 4.79. The van der Waals surface area contributed by atoms with Crippen LogP contribution >= 0.6 is 11.6 Å². The van der Waals surface area contributed by atoms with Crippen molar-refractivity contribution in [2.75, 3.05) is 11.4 Å². The number of aryl methyl sites for hydroxylation is 2. The van der Waals surface area contributed by atoms with Gasteiger partial charge >= 0.3 is 5.69 Å². The molecule has 0 bridgehead atoms. The molecule has 0 radical (unpaired) electrons. The van der Waals surface area contributed by atoms with Gasteiger partial charge in [0.1, 0.15) is 0 Å². The summed E-state index contributed by atoms with van der Waals surface area (Å²) in [6.07, 6.45) is 1.66. The van der Waals surface area contributed by atoms with E-state index in [1.54, 1.807) is 7.05 Å². The summed E-state index contributed by atoms with van der Waals surface area (Å²) in [6, 6.07) is 7.56. The highest BCUT2D eigenvalue weighted by atomic mass is 35.5. The molecule has 1 aliphatic rings. The normalized spacial score (nSPS) is 14.1. The summed E-state index contributed by atoms with van der Waals surface area (Å²) in [6.45, 7) is 6.08. The number of halogens is 1. The summed E-state index contributed by atoms with van der Waals surface area (Å²) in [5.41, 5.74) is 1.33. The average molecular weight is 402 g/mol. The lowest BCUT2D eigenvalue weighted by atomic mass is 10.1. The van der Waals surface area contributed by atoms with Crippen LogP contribution in [0.5, 0.6) is 0 Å². The van der Waals surface area contributed by atoms with Gasteiger partial charge in [-0.2, -0.15) is 4.98 Å². The number of fused-ring (bicyclic) bond motifs is 3. The van der Waals surface area contributed by atoms with E-state index in [1.807, 2.05) is 28.8 Å². The summed E-state index contributed by atoms with van der Waals surface area (Å²) in [7, 11) is 1.68. The lowest BCUT2D eigenvalue weighted by Crippen LogP contribution is -2.40. The van der Waals surface area contributed by atoms with Crippen LogP contribution in [0.25, 0.3) is 11.2 Å². The Labute approximate surface area is 167 Å². The van der Waals surface area contributed by atoms with Crippen molar-refractivity contribution >= 4 is 34.4 Å². The smallest absolute Gasteiger partial charge is 0.312 e. The number of imidazole rings is 1. The fraction of sp³-hybridized carbons (Fsp3) is 0.450. The van der Waals surface area contributed by atoms with E-state index in [4.69, 9.17) is 16.6 Å². The summed E-state index contributed by atoms with van der Waals surface area (Å²) < 4.78 is 4.78. The molecule has 3 heterocycles. The largest absolute Gasteiger partial charge is 0.332 e. The predicted octanol–water partition coefficient (Wildman–Crippen LogP) is 3.14. The Morgan fingerprint density at radius 2 is 1.86 bits per heavy atom. The van der Waals surface area contributed by atoms with E-state index in [9.17, 15) is 9.59 Å². The topological polar surface area (TPSA) is 65.1 Å². The maximum absolute atomic E-state index is 13.2. The van der Waals surface area contributed by atoms with Gasteiger partial charge < -0.3 is 9.47 Å². The third-order valence-electron chi connectivity index (χ3n) is 5.29. The van der Waals surface area contributed by atoms with Gasteiger partial charge in [-0.05, 0) is 43.0 Å². The average Bonchev–Trinajstić information content (AvgIpc) is 3.06. The standard InChI is InChI=1S/C20H24ClN5O2/c1-13(2)9-12-26-18(27)16-17(23(3)20(26)28)22-19-24(10-4-11-25(16)19)15-7-5-14(21)6-8-15/h5-8,13H,4,9-12H2,1-3H3. The zero-order valence-electron chi connectivity index (χ0n) is 16.4. The van der Waals surface area contributed by atoms with Crippen molar-refractivity contribution in [2.24, 2.45) is 13.0 Å². The van der Waals surface area contributed by atoms with Gasteiger partial charge in [-0.1, -0.05) is 25.4 Å². The number of aromatic nitrogens is 4. The maximum atomic E-state index is 13.2. The molecule has 0 spiro atoms. The first-order valence-electron chi connectivity index (χ1n) is 9.61. The van der Waals surface area contributed by atoms with E-state index in [0.29, 0.717) is 41.1 Å². The molecule has 0 fully saturated rings. The fourth-order valence-electron chi connectivity index (χ4n) is 3.71. The van der Waals surface area contributed by atoms with Crippen LogP contribution in [0.2, 0.25) is 5.02 Å². The number of nitrogens with zero attached hydrogens (tertiary/aromatic N) is 5. The van der Waals surface area contributed by atoms with Crippen molar-refractivity contribution in [1.82, 2.24) is 18.7 Å². The van der Waals surface area contributed by atoms with Crippen molar-refractivity contribution < 1.29 is 0 Å². The first kappa shape index (κ1) is 18.8. The van der Waals surface area contributed by atoms with Gasteiger partial charge in [-0.15, -0.1) is 0 Å². The first-order valence-corrected chi connectivity index (χ1v) is 9.99. The molecule has 148 valence electrons. The van der Waals surface area contributed by atoms with Crippen molar-refractivity contribution in [2.45, 2.75) is 39.8 Å². The Balaban J connectivity index is 1.91. The number of hydrogen-bond acceptors (Lipinski definition) is 4. The van der Waals surface area contributed by atoms with Gasteiger partial charge in [0.05, 0.1) is 0 Å². The molecule has 0 unspecified atom stereocenters. The number of hydrogen-bond donors (Lipinski definition) is 0. The molecule has 1 aliphatic heterocycles. The molecule has 0 N–H and O–H groups in total. The number of benzene rings is 1. The molecule has 28 heavy (non-hydrogen) atoms. The van der Waals surface area contributed by atoms with Gasteiger partial charge in [0.25, 0.3) is 5.56 Å². The summed E-state index contributed by atoms with van der Waals surface area (Å²) in [5, 5.41) is 0.671. The summed E-state index contributed by atoms with van der Waals surface area (Å²) in [4.78, 5) is 32.7. The summed E-state index contributed by atoms with van der Waals surface area (Å²) >= 11 is 6.02. The molecule has 7 nitrogen and oxygen atoms in total. The van der Waals surface area contributed by atoms with E-state index >= 15 is 0 Å². The minimum atomic E-state index is -0.313. The Morgan fingerprint density at radius 1 is 1.14 bits per heavy atom. The maximum Gasteiger partial charge on any atom is 0.332 e. The quantitative estimate of drug-likeness (QED) is 0.673. The summed E-state index contributed by atoms with van der Waals surface area (Å²) in [5.74, 6) is 1.10. The number of rotatable bonds is 4. The Hall–Kier alpha value is -2.54. The van der Waals surface area contributed by atoms with E-state index in [2.05, 4.69) is 18.7 Å². The second-order valence-corrected chi connectivity index (χ2v) is 8.13. The molecule has 1 aromatic carbocycles. The van der Waals surface area contributed by atoms with Gasteiger partial charge in [-0.25, -0.2) is 4.79 Å². The third-order valence-corrected chi connectivity index (χ3v) is 5.54. The molecular formula is C20H24ClN5O2. The van der Waals surface area contributed by atoms with Gasteiger partial charge in [0, 0.05) is 37.4 Å². The molecule has 3 aromatic rings. The van der Waals surface area contributed by atoms with E-state index in [0.717, 1.165) is 25.1 Å². The zero-order valence-corrected chi connectivity index (χ0v) is 17.1. The lowest BCUT2D eigenvalue weighted by molar-refractivity contribution is 0.487. The van der Waals surface area contributed by atoms with Crippen LogP contribution in [-0.4, -0.2) is 25.2 Å². The van der Waals surface area contributed by atoms with Crippen LogP contribution < -0.4 is 16.1 Å². The van der Waals surface area contributed by atoms with Crippen LogP contribution in [-0.2, 0) is 20.1 Å². The second kappa shape index (κ2) is 7.13. The molecule has 4 rings (SSSR count). The molecule has 8 heteroatoms. The molecule has 0 saturated heterocycles. The molecule has 0 amide bonds. The molecule has 0 aliphatic carbocycles. The molecular weight excluding hydrogens is 378 g/mol. The van der Waals surface area contributed by atoms with Crippen LogP contribution in [0.3, 0.4) is 0 Å². The van der Waals surface area contributed by atoms with Crippen molar-refractivity contribution in [1.29, 1.82) is 0 Å². The lowest BCUT2D eigenvalue weighted by Gasteiger charge is -2.29. The Bertz CT molecular complexity index is 1140. The highest BCUT2D eigenvalue weighted by Gasteiger charge is 2.26. The van der Waals surface area contributed by atoms with Gasteiger partial charge in [0.15, 0.2) is 11.2 Å². The van der Waals surface area contributed by atoms with Crippen LogP contribution in [0.15, 0.2) is 33.9 Å². The minimum absolute atomic E-state index is 0.254. The second-order valence-electron chi connectivity index (χ2n) is 7.70.